The predicted molar refractivity (Wildman–Crippen MR) is 65.3 cm³/mol. The molecule has 88 valence electrons. The molecule has 0 aliphatic carbocycles. The fourth-order valence-corrected chi connectivity index (χ4v) is 1.93. The van der Waals surface area contributed by atoms with Crippen molar-refractivity contribution in [3.63, 3.8) is 0 Å². The number of piperidine rings is 1. The lowest BCUT2D eigenvalue weighted by Gasteiger charge is -2.30. The monoisotopic (exact) mass is 221 g/mol. The number of hydrogen-bond acceptors (Lipinski definition) is 2. The molecule has 0 radical (unpaired) electrons. The Labute approximate surface area is 96.8 Å². The SMILES string of the molecule is C=C/C=C(\C=C)CN1CCC(C(=O)O)CC1. The third-order valence-corrected chi connectivity index (χ3v) is 2.94. The van der Waals surface area contributed by atoms with Crippen LogP contribution in [0.1, 0.15) is 12.8 Å². The van der Waals surface area contributed by atoms with Crippen molar-refractivity contribution >= 4 is 5.97 Å². The van der Waals surface area contributed by atoms with Crippen LogP contribution in [0.3, 0.4) is 0 Å². The smallest absolute Gasteiger partial charge is 0.306 e. The summed E-state index contributed by atoms with van der Waals surface area (Å²) >= 11 is 0. The van der Waals surface area contributed by atoms with Crippen molar-refractivity contribution < 1.29 is 9.90 Å². The molecule has 0 spiro atoms. The van der Waals surface area contributed by atoms with E-state index in [-0.39, 0.29) is 5.92 Å². The zero-order valence-corrected chi connectivity index (χ0v) is 9.56. The first-order valence-electron chi connectivity index (χ1n) is 5.56. The van der Waals surface area contributed by atoms with Crippen LogP contribution in [0.25, 0.3) is 0 Å². The second kappa shape index (κ2) is 6.28. The highest BCUT2D eigenvalue weighted by Crippen LogP contribution is 2.18. The molecule has 0 saturated carbocycles. The van der Waals surface area contributed by atoms with Crippen molar-refractivity contribution in [2.24, 2.45) is 5.92 Å². The zero-order chi connectivity index (χ0) is 12.0. The third kappa shape index (κ3) is 3.66. The Bertz CT molecular complexity index is 299. The minimum absolute atomic E-state index is 0.160. The van der Waals surface area contributed by atoms with Gasteiger partial charge in [0.2, 0.25) is 0 Å². The van der Waals surface area contributed by atoms with E-state index in [1.807, 2.05) is 12.2 Å². The zero-order valence-electron chi connectivity index (χ0n) is 9.56. The molecule has 0 aromatic rings. The first kappa shape index (κ1) is 12.7. The summed E-state index contributed by atoms with van der Waals surface area (Å²) in [7, 11) is 0. The second-order valence-electron chi connectivity index (χ2n) is 4.07. The van der Waals surface area contributed by atoms with Gasteiger partial charge in [0, 0.05) is 6.54 Å². The molecule has 1 N–H and O–H groups in total. The second-order valence-corrected chi connectivity index (χ2v) is 4.07. The van der Waals surface area contributed by atoms with Gasteiger partial charge in [0.05, 0.1) is 5.92 Å². The number of carboxylic acid groups (broad SMARTS) is 1. The highest BCUT2D eigenvalue weighted by atomic mass is 16.4. The maximum atomic E-state index is 10.8. The van der Waals surface area contributed by atoms with Crippen LogP contribution in [0.2, 0.25) is 0 Å². The molecule has 1 fully saturated rings. The minimum atomic E-state index is -0.662. The summed E-state index contributed by atoms with van der Waals surface area (Å²) in [5.41, 5.74) is 1.13. The summed E-state index contributed by atoms with van der Waals surface area (Å²) < 4.78 is 0. The van der Waals surface area contributed by atoms with Crippen molar-refractivity contribution in [2.45, 2.75) is 12.8 Å². The van der Waals surface area contributed by atoms with E-state index in [1.165, 1.54) is 0 Å². The number of allylic oxidation sites excluding steroid dienone is 2. The summed E-state index contributed by atoms with van der Waals surface area (Å²) in [6, 6.07) is 0. The van der Waals surface area contributed by atoms with Crippen molar-refractivity contribution in [3.05, 3.63) is 37.0 Å². The summed E-state index contributed by atoms with van der Waals surface area (Å²) in [4.78, 5) is 13.0. The molecule has 1 aliphatic rings. The highest BCUT2D eigenvalue weighted by Gasteiger charge is 2.24. The number of nitrogens with zero attached hydrogens (tertiary/aromatic N) is 1. The molecule has 1 aliphatic heterocycles. The van der Waals surface area contributed by atoms with Crippen LogP contribution in [-0.2, 0) is 4.79 Å². The van der Waals surface area contributed by atoms with Gasteiger partial charge < -0.3 is 5.11 Å². The minimum Gasteiger partial charge on any atom is -0.481 e. The summed E-state index contributed by atoms with van der Waals surface area (Å²) in [6.07, 6.45) is 7.00. The van der Waals surface area contributed by atoms with Crippen LogP contribution in [0, 0.1) is 5.92 Å². The predicted octanol–water partition coefficient (Wildman–Crippen LogP) is 2.08. The van der Waals surface area contributed by atoms with Crippen LogP contribution in [0.5, 0.6) is 0 Å². The van der Waals surface area contributed by atoms with E-state index in [9.17, 15) is 4.79 Å². The van der Waals surface area contributed by atoms with Gasteiger partial charge >= 0.3 is 5.97 Å². The normalized spacial score (nSPS) is 19.4. The number of hydrogen-bond donors (Lipinski definition) is 1. The molecular weight excluding hydrogens is 202 g/mol. The van der Waals surface area contributed by atoms with E-state index in [4.69, 9.17) is 5.11 Å². The molecule has 3 heteroatoms. The lowest BCUT2D eigenvalue weighted by molar-refractivity contribution is -0.143. The maximum absolute atomic E-state index is 10.8. The van der Waals surface area contributed by atoms with Crippen molar-refractivity contribution in [2.75, 3.05) is 19.6 Å². The topological polar surface area (TPSA) is 40.5 Å². The lowest BCUT2D eigenvalue weighted by atomic mass is 9.97. The van der Waals surface area contributed by atoms with Crippen LogP contribution in [-0.4, -0.2) is 35.6 Å². The Balaban J connectivity index is 2.42. The van der Waals surface area contributed by atoms with Gasteiger partial charge in [0.1, 0.15) is 0 Å². The number of aliphatic carboxylic acids is 1. The quantitative estimate of drug-likeness (QED) is 0.723. The molecule has 3 nitrogen and oxygen atoms in total. The molecule has 1 rings (SSSR count). The molecule has 1 heterocycles. The molecule has 0 atom stereocenters. The van der Waals surface area contributed by atoms with Crippen molar-refractivity contribution in [1.82, 2.24) is 4.90 Å². The van der Waals surface area contributed by atoms with Crippen LogP contribution >= 0.6 is 0 Å². The first-order chi connectivity index (χ1) is 7.67. The van der Waals surface area contributed by atoms with E-state index >= 15 is 0 Å². The fraction of sp³-hybridized carbons (Fsp3) is 0.462. The summed E-state index contributed by atoms with van der Waals surface area (Å²) in [5, 5.41) is 8.88. The van der Waals surface area contributed by atoms with Gasteiger partial charge in [-0.1, -0.05) is 31.4 Å². The number of carboxylic acids is 1. The summed E-state index contributed by atoms with van der Waals surface area (Å²) in [6.45, 7) is 9.94. The Morgan fingerprint density at radius 3 is 2.44 bits per heavy atom. The first-order valence-corrected chi connectivity index (χ1v) is 5.56. The van der Waals surface area contributed by atoms with E-state index in [2.05, 4.69) is 18.1 Å². The average Bonchev–Trinajstić information content (AvgIpc) is 2.29. The average molecular weight is 221 g/mol. The van der Waals surface area contributed by atoms with E-state index in [1.54, 1.807) is 6.08 Å². The number of rotatable bonds is 5. The lowest BCUT2D eigenvalue weighted by Crippen LogP contribution is -2.37. The van der Waals surface area contributed by atoms with E-state index < -0.39 is 5.97 Å². The van der Waals surface area contributed by atoms with Crippen LogP contribution < -0.4 is 0 Å². The molecule has 0 amide bonds. The molecule has 0 bridgehead atoms. The van der Waals surface area contributed by atoms with E-state index in [0.29, 0.717) is 0 Å². The molecule has 0 unspecified atom stereocenters. The third-order valence-electron chi connectivity index (χ3n) is 2.94. The Hall–Kier alpha value is -1.35. The number of likely N-dealkylation sites (tertiary alicyclic amines) is 1. The van der Waals surface area contributed by atoms with Gasteiger partial charge in [-0.25, -0.2) is 0 Å². The summed E-state index contributed by atoms with van der Waals surface area (Å²) in [5.74, 6) is -0.822. The molecule has 0 aromatic heterocycles. The van der Waals surface area contributed by atoms with Crippen molar-refractivity contribution in [1.29, 1.82) is 0 Å². The molecule has 16 heavy (non-hydrogen) atoms. The Morgan fingerprint density at radius 1 is 1.38 bits per heavy atom. The van der Waals surface area contributed by atoms with Gasteiger partial charge in [-0.05, 0) is 31.5 Å². The van der Waals surface area contributed by atoms with Gasteiger partial charge in [0.15, 0.2) is 0 Å². The standard InChI is InChI=1S/C13H19NO2/c1-3-5-11(4-2)10-14-8-6-12(7-9-14)13(15)16/h3-5,12H,1-2,6-10H2,(H,15,16)/b11-5+. The number of carbonyl (C=O) groups is 1. The van der Waals surface area contributed by atoms with Crippen LogP contribution in [0.4, 0.5) is 0 Å². The molecule has 1 saturated heterocycles. The van der Waals surface area contributed by atoms with Gasteiger partial charge in [-0.2, -0.15) is 0 Å². The molecule has 0 aromatic carbocycles. The van der Waals surface area contributed by atoms with Gasteiger partial charge in [-0.15, -0.1) is 0 Å². The molecular formula is C13H19NO2. The van der Waals surface area contributed by atoms with Crippen molar-refractivity contribution in [3.8, 4) is 0 Å². The maximum Gasteiger partial charge on any atom is 0.306 e. The van der Waals surface area contributed by atoms with Gasteiger partial charge in [-0.3, -0.25) is 9.69 Å². The Morgan fingerprint density at radius 2 is 2.00 bits per heavy atom. The fourth-order valence-electron chi connectivity index (χ4n) is 1.93. The van der Waals surface area contributed by atoms with E-state index in [0.717, 1.165) is 38.0 Å². The highest BCUT2D eigenvalue weighted by molar-refractivity contribution is 5.70. The Kier molecular flexibility index (Phi) is 4.99. The van der Waals surface area contributed by atoms with Gasteiger partial charge in [0.25, 0.3) is 0 Å². The van der Waals surface area contributed by atoms with Crippen LogP contribution in [0.15, 0.2) is 37.0 Å². The largest absolute Gasteiger partial charge is 0.481 e.